The summed E-state index contributed by atoms with van der Waals surface area (Å²) in [6.07, 6.45) is 0.573. The molecule has 36 valence electrons. The highest BCUT2D eigenvalue weighted by atomic mass is 16.4. The average Bonchev–Trinajstić information content (AvgIpc) is 1.61. The summed E-state index contributed by atoms with van der Waals surface area (Å²) in [7, 11) is 0. The molecule has 0 aliphatic carbocycles. The van der Waals surface area contributed by atoms with Gasteiger partial charge in [0.05, 0.1) is 0 Å². The summed E-state index contributed by atoms with van der Waals surface area (Å²) in [5.74, 6) is 0. The molecule has 0 aliphatic rings. The largest absolute Gasteiger partial charge is 0.854 e. The van der Waals surface area contributed by atoms with Crippen LogP contribution in [0.5, 0.6) is 0 Å². The first-order valence-electron chi connectivity index (χ1n) is 1.87. The SMILES string of the molecule is C=[O+]CCC[O-]. The summed E-state index contributed by atoms with van der Waals surface area (Å²) in [5.41, 5.74) is 0. The Morgan fingerprint density at radius 2 is 2.33 bits per heavy atom. The van der Waals surface area contributed by atoms with Gasteiger partial charge in [-0.05, 0) is 0 Å². The van der Waals surface area contributed by atoms with Crippen molar-refractivity contribution in [1.82, 2.24) is 0 Å². The zero-order chi connectivity index (χ0) is 4.83. The monoisotopic (exact) mass is 88.1 g/mol. The molecule has 0 N–H and O–H groups in total. The van der Waals surface area contributed by atoms with Crippen molar-refractivity contribution in [2.24, 2.45) is 0 Å². The van der Waals surface area contributed by atoms with E-state index in [1.807, 2.05) is 0 Å². The molecule has 0 amide bonds. The normalized spacial score (nSPS) is 8.17. The first kappa shape index (κ1) is 5.63. The van der Waals surface area contributed by atoms with E-state index in [9.17, 15) is 5.11 Å². The maximum absolute atomic E-state index is 9.58. The van der Waals surface area contributed by atoms with Gasteiger partial charge in [0, 0.05) is 6.42 Å². The molecule has 0 fully saturated rings. The van der Waals surface area contributed by atoms with Crippen LogP contribution in [0.15, 0.2) is 0 Å². The third-order valence-electron chi connectivity index (χ3n) is 0.433. The predicted molar refractivity (Wildman–Crippen MR) is 21.5 cm³/mol. The fourth-order valence-electron chi connectivity index (χ4n) is 0.161. The molecule has 0 rings (SSSR count). The topological polar surface area (TPSA) is 34.4 Å². The van der Waals surface area contributed by atoms with Crippen molar-refractivity contribution < 1.29 is 9.53 Å². The van der Waals surface area contributed by atoms with Crippen LogP contribution in [-0.4, -0.2) is 20.0 Å². The summed E-state index contributed by atoms with van der Waals surface area (Å²) in [6.45, 7) is 3.51. The van der Waals surface area contributed by atoms with Gasteiger partial charge >= 0.3 is 0 Å². The summed E-state index contributed by atoms with van der Waals surface area (Å²) in [5, 5.41) is 9.58. The molecule has 2 heteroatoms. The molecule has 0 saturated carbocycles. The molecule has 0 heterocycles. The Labute approximate surface area is 37.1 Å². The quantitative estimate of drug-likeness (QED) is 0.325. The Morgan fingerprint density at radius 3 is 2.50 bits per heavy atom. The molecular weight excluding hydrogens is 80.0 g/mol. The lowest BCUT2D eigenvalue weighted by Crippen LogP contribution is -2.06. The number of rotatable bonds is 3. The molecule has 6 heavy (non-hydrogen) atoms. The third-order valence-corrected chi connectivity index (χ3v) is 0.433. The van der Waals surface area contributed by atoms with Gasteiger partial charge in [-0.3, -0.25) is 4.42 Å². The van der Waals surface area contributed by atoms with Gasteiger partial charge in [0.2, 0.25) is 0 Å². The lowest BCUT2D eigenvalue weighted by Gasteiger charge is -1.90. The summed E-state index contributed by atoms with van der Waals surface area (Å²) in [4.78, 5) is 0. The maximum atomic E-state index is 9.58. The second-order valence-electron chi connectivity index (χ2n) is 0.966. The van der Waals surface area contributed by atoms with E-state index in [1.165, 1.54) is 0 Å². The van der Waals surface area contributed by atoms with Crippen LogP contribution in [0.1, 0.15) is 6.42 Å². The van der Waals surface area contributed by atoms with Gasteiger partial charge in [-0.2, -0.15) is 0 Å². The van der Waals surface area contributed by atoms with Gasteiger partial charge < -0.3 is 5.11 Å². The van der Waals surface area contributed by atoms with Crippen molar-refractivity contribution in [1.29, 1.82) is 0 Å². The van der Waals surface area contributed by atoms with E-state index >= 15 is 0 Å². The average molecular weight is 88.1 g/mol. The zero-order valence-corrected chi connectivity index (χ0v) is 3.64. The van der Waals surface area contributed by atoms with Crippen LogP contribution in [-0.2, 0) is 4.42 Å². The third kappa shape index (κ3) is 3.63. The van der Waals surface area contributed by atoms with Gasteiger partial charge in [0.1, 0.15) is 0 Å². The van der Waals surface area contributed by atoms with E-state index in [0.717, 1.165) is 0 Å². The van der Waals surface area contributed by atoms with E-state index in [1.54, 1.807) is 0 Å². The van der Waals surface area contributed by atoms with Crippen LogP contribution >= 0.6 is 0 Å². The Balaban J connectivity index is 2.49. The molecule has 0 aliphatic heterocycles. The van der Waals surface area contributed by atoms with Gasteiger partial charge in [-0.1, -0.05) is 0 Å². The lowest BCUT2D eigenvalue weighted by molar-refractivity contribution is -0.459. The molecule has 0 spiro atoms. The van der Waals surface area contributed by atoms with Crippen molar-refractivity contribution in [3.8, 4) is 0 Å². The molecule has 0 atom stereocenters. The maximum Gasteiger partial charge on any atom is 0.273 e. The molecule has 0 aromatic carbocycles. The highest BCUT2D eigenvalue weighted by Crippen LogP contribution is 1.65. The molecule has 2 nitrogen and oxygen atoms in total. The highest BCUT2D eigenvalue weighted by molar-refractivity contribution is 5.12. The number of hydrogen-bond donors (Lipinski definition) is 0. The minimum Gasteiger partial charge on any atom is -0.854 e. The Hall–Kier alpha value is -0.370. The van der Waals surface area contributed by atoms with Crippen LogP contribution in [0.3, 0.4) is 0 Å². The molecule has 0 radical (unpaired) electrons. The van der Waals surface area contributed by atoms with E-state index in [0.29, 0.717) is 13.0 Å². The molecule has 0 unspecified atom stereocenters. The van der Waals surface area contributed by atoms with Gasteiger partial charge in [0.15, 0.2) is 0 Å². The smallest absolute Gasteiger partial charge is 0.273 e. The van der Waals surface area contributed by atoms with E-state index in [2.05, 4.69) is 11.2 Å². The van der Waals surface area contributed by atoms with E-state index in [-0.39, 0.29) is 6.61 Å². The van der Waals surface area contributed by atoms with Gasteiger partial charge in [-0.15, -0.1) is 6.61 Å². The van der Waals surface area contributed by atoms with Crippen molar-refractivity contribution in [3.63, 3.8) is 0 Å². The van der Waals surface area contributed by atoms with Crippen LogP contribution in [0.2, 0.25) is 0 Å². The Bertz CT molecular complexity index is 34.5. The molecule has 0 bridgehead atoms. The summed E-state index contributed by atoms with van der Waals surface area (Å²) < 4.78 is 4.33. The summed E-state index contributed by atoms with van der Waals surface area (Å²) in [6, 6.07) is 0. The van der Waals surface area contributed by atoms with E-state index in [4.69, 9.17) is 0 Å². The fourth-order valence-corrected chi connectivity index (χ4v) is 0.161. The predicted octanol–water partition coefficient (Wildman–Crippen LogP) is -0.899. The fraction of sp³-hybridized carbons (Fsp3) is 0.750. The van der Waals surface area contributed by atoms with Crippen LogP contribution < -0.4 is 5.11 Å². The molecular formula is C4H8O2. The number of carbonyl (C=O) groups excluding carboxylic acids is 1. The van der Waals surface area contributed by atoms with Crippen molar-refractivity contribution in [3.05, 3.63) is 0 Å². The van der Waals surface area contributed by atoms with Crippen molar-refractivity contribution >= 4 is 6.79 Å². The van der Waals surface area contributed by atoms with Crippen LogP contribution in [0.4, 0.5) is 0 Å². The second-order valence-corrected chi connectivity index (χ2v) is 0.966. The van der Waals surface area contributed by atoms with Crippen LogP contribution in [0, 0.1) is 0 Å². The van der Waals surface area contributed by atoms with Crippen LogP contribution in [0.25, 0.3) is 0 Å². The van der Waals surface area contributed by atoms with E-state index < -0.39 is 0 Å². The molecule has 0 aromatic heterocycles. The molecule has 0 saturated heterocycles. The van der Waals surface area contributed by atoms with Crippen molar-refractivity contribution in [2.45, 2.75) is 6.42 Å². The minimum atomic E-state index is -0.0600. The Morgan fingerprint density at radius 1 is 1.67 bits per heavy atom. The Kier molecular flexibility index (Phi) is 4.34. The second kappa shape index (κ2) is 4.63. The highest BCUT2D eigenvalue weighted by Gasteiger charge is 1.77. The minimum absolute atomic E-state index is 0.0600. The lowest BCUT2D eigenvalue weighted by atomic mass is 10.5. The van der Waals surface area contributed by atoms with Crippen molar-refractivity contribution in [2.75, 3.05) is 13.2 Å². The molecule has 0 aromatic rings. The standard InChI is InChI=1S/C4H8O2/c1-6-4-2-3-5/h1-4H2. The van der Waals surface area contributed by atoms with Gasteiger partial charge in [0.25, 0.3) is 13.4 Å². The van der Waals surface area contributed by atoms with Gasteiger partial charge in [-0.25, -0.2) is 0 Å². The first-order chi connectivity index (χ1) is 2.91. The zero-order valence-electron chi connectivity index (χ0n) is 3.64. The number of hydrogen-bond acceptors (Lipinski definition) is 1. The summed E-state index contributed by atoms with van der Waals surface area (Å²) >= 11 is 0. The first-order valence-corrected chi connectivity index (χ1v) is 1.87.